The molecule has 1 rings (SSSR count). The SMILES string of the molecule is CS(C)=O.O=CCC1(C(=O)O)CC1. The Morgan fingerprint density at radius 1 is 1.54 bits per heavy atom. The van der Waals surface area contributed by atoms with Gasteiger partial charge < -0.3 is 9.90 Å². The highest BCUT2D eigenvalue weighted by Gasteiger charge is 2.49. The molecule has 0 aromatic heterocycles. The lowest BCUT2D eigenvalue weighted by atomic mass is 10.1. The summed E-state index contributed by atoms with van der Waals surface area (Å²) in [6, 6.07) is 0. The second kappa shape index (κ2) is 5.11. The molecule has 0 aliphatic heterocycles. The Morgan fingerprint density at radius 3 is 2.00 bits per heavy atom. The minimum absolute atomic E-state index is 0.183. The second-order valence-corrected chi connectivity index (χ2v) is 4.68. The lowest BCUT2D eigenvalue weighted by Gasteiger charge is -2.00. The molecule has 0 aromatic carbocycles. The minimum Gasteiger partial charge on any atom is -0.481 e. The molecule has 76 valence electrons. The van der Waals surface area contributed by atoms with Gasteiger partial charge >= 0.3 is 5.97 Å². The molecule has 0 heterocycles. The molecule has 4 nitrogen and oxygen atoms in total. The van der Waals surface area contributed by atoms with Crippen molar-refractivity contribution in [3.05, 3.63) is 0 Å². The van der Waals surface area contributed by atoms with E-state index in [4.69, 9.17) is 5.11 Å². The third-order valence-corrected chi connectivity index (χ3v) is 1.78. The van der Waals surface area contributed by atoms with E-state index in [0.717, 1.165) is 0 Å². The van der Waals surface area contributed by atoms with Gasteiger partial charge in [-0.2, -0.15) is 0 Å². The van der Waals surface area contributed by atoms with Crippen molar-refractivity contribution < 1.29 is 18.9 Å². The van der Waals surface area contributed by atoms with Gasteiger partial charge in [-0.25, -0.2) is 0 Å². The molecular formula is C8H14O4S. The second-order valence-electron chi connectivity index (χ2n) is 3.20. The maximum Gasteiger partial charge on any atom is 0.310 e. The van der Waals surface area contributed by atoms with E-state index in [2.05, 4.69) is 0 Å². The molecule has 1 saturated carbocycles. The monoisotopic (exact) mass is 206 g/mol. The van der Waals surface area contributed by atoms with Gasteiger partial charge in [-0.3, -0.25) is 9.00 Å². The molecule has 0 atom stereocenters. The number of carboxylic acids is 1. The minimum atomic E-state index is -0.824. The fourth-order valence-corrected chi connectivity index (χ4v) is 0.816. The summed E-state index contributed by atoms with van der Waals surface area (Å²) in [5, 5.41) is 8.48. The molecule has 0 aromatic rings. The third kappa shape index (κ3) is 4.77. The Bertz CT molecular complexity index is 216. The van der Waals surface area contributed by atoms with Crippen molar-refractivity contribution in [2.45, 2.75) is 19.3 Å². The summed E-state index contributed by atoms with van der Waals surface area (Å²) in [5.41, 5.74) is -0.651. The molecule has 13 heavy (non-hydrogen) atoms. The van der Waals surface area contributed by atoms with Crippen molar-refractivity contribution in [2.24, 2.45) is 5.41 Å². The fourth-order valence-electron chi connectivity index (χ4n) is 0.816. The average Bonchev–Trinajstić information content (AvgIpc) is 2.68. The number of carbonyl (C=O) groups is 2. The van der Waals surface area contributed by atoms with Crippen LogP contribution in [0, 0.1) is 5.41 Å². The van der Waals surface area contributed by atoms with Crippen LogP contribution in [-0.2, 0) is 20.4 Å². The Hall–Kier alpha value is -0.710. The highest BCUT2D eigenvalue weighted by molar-refractivity contribution is 7.83. The van der Waals surface area contributed by atoms with Gasteiger partial charge in [0.1, 0.15) is 6.29 Å². The Morgan fingerprint density at radius 2 is 1.92 bits per heavy atom. The van der Waals surface area contributed by atoms with Crippen molar-refractivity contribution in [2.75, 3.05) is 12.5 Å². The topological polar surface area (TPSA) is 71.4 Å². The molecule has 1 aliphatic carbocycles. The summed E-state index contributed by atoms with van der Waals surface area (Å²) in [7, 11) is -0.611. The van der Waals surface area contributed by atoms with Gasteiger partial charge in [-0.05, 0) is 12.8 Å². The Balaban J connectivity index is 0.000000310. The summed E-state index contributed by atoms with van der Waals surface area (Å²) in [4.78, 5) is 20.2. The normalized spacial score (nSPS) is 17.2. The maximum absolute atomic E-state index is 10.3. The highest BCUT2D eigenvalue weighted by atomic mass is 32.2. The molecule has 0 amide bonds. The molecular weight excluding hydrogens is 192 g/mol. The van der Waals surface area contributed by atoms with E-state index in [-0.39, 0.29) is 6.42 Å². The van der Waals surface area contributed by atoms with E-state index < -0.39 is 22.2 Å². The van der Waals surface area contributed by atoms with E-state index in [1.165, 1.54) is 0 Å². The van der Waals surface area contributed by atoms with Gasteiger partial charge in [0.05, 0.1) is 5.41 Å². The van der Waals surface area contributed by atoms with Crippen molar-refractivity contribution in [3.8, 4) is 0 Å². The number of rotatable bonds is 3. The lowest BCUT2D eigenvalue weighted by Crippen LogP contribution is -2.14. The summed E-state index contributed by atoms with van der Waals surface area (Å²) in [5.74, 6) is -0.824. The van der Waals surface area contributed by atoms with E-state index in [1.807, 2.05) is 0 Å². The molecule has 1 aliphatic rings. The molecule has 0 spiro atoms. The van der Waals surface area contributed by atoms with Crippen LogP contribution >= 0.6 is 0 Å². The standard InChI is InChI=1S/C6H8O3.C2H6OS/c7-4-3-6(1-2-6)5(8)9;1-4(2)3/h4H,1-3H2,(H,8,9);1-2H3. The Labute approximate surface area is 79.8 Å². The molecule has 0 unspecified atom stereocenters. The predicted molar refractivity (Wildman–Crippen MR) is 50.0 cm³/mol. The first kappa shape index (κ1) is 12.3. The zero-order valence-corrected chi connectivity index (χ0v) is 8.60. The van der Waals surface area contributed by atoms with Gasteiger partial charge in [0.25, 0.3) is 0 Å². The zero-order valence-electron chi connectivity index (χ0n) is 7.78. The number of carbonyl (C=O) groups excluding carboxylic acids is 1. The van der Waals surface area contributed by atoms with Gasteiger partial charge in [0.15, 0.2) is 0 Å². The van der Waals surface area contributed by atoms with Crippen molar-refractivity contribution in [1.82, 2.24) is 0 Å². The summed E-state index contributed by atoms with van der Waals surface area (Å²) < 4.78 is 9.56. The molecule has 1 N–H and O–H groups in total. The number of hydrogen-bond acceptors (Lipinski definition) is 3. The van der Waals surface area contributed by atoms with Gasteiger partial charge in [0, 0.05) is 29.7 Å². The van der Waals surface area contributed by atoms with Gasteiger partial charge in [-0.1, -0.05) is 0 Å². The third-order valence-electron chi connectivity index (χ3n) is 1.78. The smallest absolute Gasteiger partial charge is 0.310 e. The van der Waals surface area contributed by atoms with Crippen LogP contribution in [0.4, 0.5) is 0 Å². The molecule has 0 radical (unpaired) electrons. The number of aliphatic carboxylic acids is 1. The van der Waals surface area contributed by atoms with Crippen LogP contribution < -0.4 is 0 Å². The van der Waals surface area contributed by atoms with Gasteiger partial charge in [0.2, 0.25) is 0 Å². The maximum atomic E-state index is 10.3. The van der Waals surface area contributed by atoms with Crippen molar-refractivity contribution >= 4 is 23.1 Å². The van der Waals surface area contributed by atoms with E-state index >= 15 is 0 Å². The number of hydrogen-bond donors (Lipinski definition) is 1. The van der Waals surface area contributed by atoms with Crippen LogP contribution in [0.5, 0.6) is 0 Å². The molecule has 0 bridgehead atoms. The van der Waals surface area contributed by atoms with Crippen LogP contribution in [0.3, 0.4) is 0 Å². The van der Waals surface area contributed by atoms with Crippen LogP contribution in [0.2, 0.25) is 0 Å². The van der Waals surface area contributed by atoms with Crippen LogP contribution in [-0.4, -0.2) is 34.1 Å². The van der Waals surface area contributed by atoms with Crippen LogP contribution in [0.25, 0.3) is 0 Å². The largest absolute Gasteiger partial charge is 0.481 e. The molecule has 5 heteroatoms. The molecule has 0 saturated heterocycles. The number of carboxylic acid groups (broad SMARTS) is 1. The average molecular weight is 206 g/mol. The lowest BCUT2D eigenvalue weighted by molar-refractivity contribution is -0.144. The first-order chi connectivity index (χ1) is 5.94. The Kier molecular flexibility index (Phi) is 4.83. The first-order valence-corrected chi connectivity index (χ1v) is 5.83. The van der Waals surface area contributed by atoms with Crippen molar-refractivity contribution in [3.63, 3.8) is 0 Å². The van der Waals surface area contributed by atoms with Gasteiger partial charge in [-0.15, -0.1) is 0 Å². The van der Waals surface area contributed by atoms with Crippen LogP contribution in [0.1, 0.15) is 19.3 Å². The summed E-state index contributed by atoms with van der Waals surface area (Å²) >= 11 is 0. The molecule has 1 fully saturated rings. The summed E-state index contributed by atoms with van der Waals surface area (Å²) in [6.45, 7) is 0. The number of aldehydes is 1. The first-order valence-electron chi connectivity index (χ1n) is 3.87. The summed E-state index contributed by atoms with van der Waals surface area (Å²) in [6.07, 6.45) is 5.48. The van der Waals surface area contributed by atoms with E-state index in [9.17, 15) is 13.8 Å². The van der Waals surface area contributed by atoms with Crippen LogP contribution in [0.15, 0.2) is 0 Å². The quantitative estimate of drug-likeness (QED) is 0.680. The fraction of sp³-hybridized carbons (Fsp3) is 0.750. The van der Waals surface area contributed by atoms with Crippen molar-refractivity contribution in [1.29, 1.82) is 0 Å². The predicted octanol–water partition coefficient (Wildman–Crippen LogP) is 0.435. The zero-order chi connectivity index (χ0) is 10.5. The highest BCUT2D eigenvalue weighted by Crippen LogP contribution is 2.48. The van der Waals surface area contributed by atoms with E-state index in [1.54, 1.807) is 12.5 Å². The van der Waals surface area contributed by atoms with E-state index in [0.29, 0.717) is 19.1 Å².